The van der Waals surface area contributed by atoms with Gasteiger partial charge in [0.2, 0.25) is 0 Å². The number of halogens is 1. The molecule has 0 aliphatic carbocycles. The van der Waals surface area contributed by atoms with Gasteiger partial charge >= 0.3 is 0 Å². The van der Waals surface area contributed by atoms with Crippen LogP contribution in [-0.4, -0.2) is 6.16 Å². The highest BCUT2D eigenvalue weighted by atomic mass is 79.9. The van der Waals surface area contributed by atoms with Crippen LogP contribution in [0.5, 0.6) is 0 Å². The van der Waals surface area contributed by atoms with Gasteiger partial charge in [-0.25, -0.2) is 0 Å². The molecule has 1 rings (SSSR count). The van der Waals surface area contributed by atoms with Gasteiger partial charge in [-0.1, -0.05) is 58.2 Å². The molecule has 13 heavy (non-hydrogen) atoms. The summed E-state index contributed by atoms with van der Waals surface area (Å²) in [6, 6.07) is 6.82. The molecule has 0 heterocycles. The second-order valence-electron chi connectivity index (χ2n) is 3.43. The summed E-state index contributed by atoms with van der Waals surface area (Å²) in [6.45, 7) is 6.47. The fourth-order valence-corrected chi connectivity index (χ4v) is 4.43. The summed E-state index contributed by atoms with van der Waals surface area (Å²) in [5, 5.41) is 1.48. The van der Waals surface area contributed by atoms with Crippen LogP contribution in [0.4, 0.5) is 0 Å². The van der Waals surface area contributed by atoms with E-state index in [4.69, 9.17) is 0 Å². The highest BCUT2D eigenvalue weighted by Crippen LogP contribution is 2.43. The van der Waals surface area contributed by atoms with E-state index in [1.165, 1.54) is 29.0 Å². The zero-order valence-corrected chi connectivity index (χ0v) is 11.0. The van der Waals surface area contributed by atoms with E-state index in [1.54, 1.807) is 0 Å². The van der Waals surface area contributed by atoms with Gasteiger partial charge in [-0.2, -0.15) is 0 Å². The lowest BCUT2D eigenvalue weighted by molar-refractivity contribution is 1.10. The Morgan fingerprint density at radius 3 is 2.15 bits per heavy atom. The predicted molar refractivity (Wildman–Crippen MR) is 66.6 cm³/mol. The van der Waals surface area contributed by atoms with Gasteiger partial charge in [0.1, 0.15) is 0 Å². The van der Waals surface area contributed by atoms with Gasteiger partial charge in [-0.05, 0) is 31.9 Å². The first-order chi connectivity index (χ1) is 6.13. The van der Waals surface area contributed by atoms with Crippen LogP contribution in [0.2, 0.25) is 0 Å². The lowest BCUT2D eigenvalue weighted by atomic mass is 10.2. The third-order valence-corrected chi connectivity index (χ3v) is 5.86. The molecular formula is C11H16BrP. The third kappa shape index (κ3) is 3.40. The Morgan fingerprint density at radius 2 is 1.69 bits per heavy atom. The molecule has 0 amide bonds. The fraction of sp³-hybridized carbons (Fsp3) is 0.455. The monoisotopic (exact) mass is 258 g/mol. The molecule has 0 bridgehead atoms. The summed E-state index contributed by atoms with van der Waals surface area (Å²) in [6.07, 6.45) is 2.53. The molecule has 0 fully saturated rings. The topological polar surface area (TPSA) is 0 Å². The van der Waals surface area contributed by atoms with Crippen LogP contribution in [0, 0.1) is 13.8 Å². The summed E-state index contributed by atoms with van der Waals surface area (Å²) < 4.78 is 0. The van der Waals surface area contributed by atoms with E-state index in [9.17, 15) is 0 Å². The summed E-state index contributed by atoms with van der Waals surface area (Å²) in [5.74, 6) is 0. The maximum atomic E-state index is 3.78. The van der Waals surface area contributed by atoms with Crippen molar-refractivity contribution in [3.05, 3.63) is 29.3 Å². The molecule has 0 aliphatic heterocycles. The lowest BCUT2D eigenvalue weighted by Crippen LogP contribution is -2.01. The summed E-state index contributed by atoms with van der Waals surface area (Å²) in [7, 11) is 0. The minimum atomic E-state index is -0.0957. The molecule has 2 heteroatoms. The zero-order chi connectivity index (χ0) is 9.84. The van der Waals surface area contributed by atoms with Gasteiger partial charge in [0.25, 0.3) is 0 Å². The van der Waals surface area contributed by atoms with Crippen molar-refractivity contribution >= 4 is 27.4 Å². The highest BCUT2D eigenvalue weighted by Gasteiger charge is 2.06. The second-order valence-corrected chi connectivity index (χ2v) is 7.69. The Balaban J connectivity index is 2.87. The third-order valence-electron chi connectivity index (χ3n) is 1.91. The standard InChI is InChI=1S/C11H16BrP/c1-4-5-13(12)11-7-9(2)6-10(3)8-11/h6-8H,4-5H2,1-3H3. The zero-order valence-electron chi connectivity index (χ0n) is 8.47. The number of hydrogen-bond acceptors (Lipinski definition) is 0. The van der Waals surface area contributed by atoms with Gasteiger partial charge in [0.15, 0.2) is 0 Å². The Morgan fingerprint density at radius 1 is 1.15 bits per heavy atom. The highest BCUT2D eigenvalue weighted by molar-refractivity contribution is 9.40. The first-order valence-electron chi connectivity index (χ1n) is 4.65. The SMILES string of the molecule is CCCP(Br)c1cc(C)cc(C)c1. The maximum absolute atomic E-state index is 3.78. The normalized spacial score (nSPS) is 12.9. The number of hydrogen-bond donors (Lipinski definition) is 0. The van der Waals surface area contributed by atoms with Crippen LogP contribution in [0.1, 0.15) is 24.5 Å². The van der Waals surface area contributed by atoms with Crippen molar-refractivity contribution in [1.82, 2.24) is 0 Å². The molecule has 1 atom stereocenters. The van der Waals surface area contributed by atoms with Crippen LogP contribution >= 0.6 is 22.1 Å². The first kappa shape index (κ1) is 11.2. The lowest BCUT2D eigenvalue weighted by Gasteiger charge is -2.10. The summed E-state index contributed by atoms with van der Waals surface area (Å²) in [5.41, 5.74) is 2.75. The van der Waals surface area contributed by atoms with Crippen LogP contribution in [0.25, 0.3) is 0 Å². The van der Waals surface area contributed by atoms with Gasteiger partial charge < -0.3 is 0 Å². The van der Waals surface area contributed by atoms with Crippen molar-refractivity contribution in [2.24, 2.45) is 0 Å². The number of rotatable bonds is 3. The minimum Gasteiger partial charge on any atom is -0.0650 e. The van der Waals surface area contributed by atoms with E-state index in [2.05, 4.69) is 54.5 Å². The molecular weight excluding hydrogens is 243 g/mol. The van der Waals surface area contributed by atoms with Crippen molar-refractivity contribution in [1.29, 1.82) is 0 Å². The van der Waals surface area contributed by atoms with Crippen molar-refractivity contribution in [2.45, 2.75) is 27.2 Å². The van der Waals surface area contributed by atoms with Crippen LogP contribution < -0.4 is 5.30 Å². The van der Waals surface area contributed by atoms with E-state index in [-0.39, 0.29) is 6.62 Å². The van der Waals surface area contributed by atoms with E-state index < -0.39 is 0 Å². The molecule has 0 spiro atoms. The minimum absolute atomic E-state index is 0.0957. The Kier molecular flexibility index (Phi) is 4.41. The first-order valence-corrected chi connectivity index (χ1v) is 8.19. The molecule has 0 radical (unpaired) electrons. The van der Waals surface area contributed by atoms with E-state index in [1.807, 2.05) is 0 Å². The molecule has 1 aromatic rings. The molecule has 0 nitrogen and oxygen atoms in total. The largest absolute Gasteiger partial charge is 0.0650 e. The molecule has 1 aromatic carbocycles. The van der Waals surface area contributed by atoms with Gasteiger partial charge in [-0.3, -0.25) is 0 Å². The fourth-order valence-electron chi connectivity index (χ4n) is 1.42. The Labute approximate surface area is 90.2 Å². The molecule has 0 saturated carbocycles. The molecule has 0 aliphatic rings. The Bertz CT molecular complexity index is 263. The average Bonchev–Trinajstić information content (AvgIpc) is 2.03. The van der Waals surface area contributed by atoms with Crippen LogP contribution in [0.15, 0.2) is 18.2 Å². The molecule has 72 valence electrons. The summed E-state index contributed by atoms with van der Waals surface area (Å²) in [4.78, 5) is 0. The predicted octanol–water partition coefficient (Wildman–Crippen LogP) is 4.13. The molecule has 0 aromatic heterocycles. The van der Waals surface area contributed by atoms with Crippen molar-refractivity contribution < 1.29 is 0 Å². The van der Waals surface area contributed by atoms with Gasteiger partial charge in [-0.15, -0.1) is 0 Å². The number of benzene rings is 1. The smallest absolute Gasteiger partial charge is 0.00451 e. The van der Waals surface area contributed by atoms with Gasteiger partial charge in [0, 0.05) is 0 Å². The molecule has 0 saturated heterocycles. The average molecular weight is 259 g/mol. The van der Waals surface area contributed by atoms with Crippen LogP contribution in [-0.2, 0) is 0 Å². The van der Waals surface area contributed by atoms with Crippen molar-refractivity contribution in [3.8, 4) is 0 Å². The van der Waals surface area contributed by atoms with Crippen molar-refractivity contribution in [3.63, 3.8) is 0 Å². The van der Waals surface area contributed by atoms with E-state index in [0.717, 1.165) is 0 Å². The molecule has 0 N–H and O–H groups in total. The van der Waals surface area contributed by atoms with E-state index in [0.29, 0.717) is 0 Å². The molecule has 1 unspecified atom stereocenters. The van der Waals surface area contributed by atoms with E-state index >= 15 is 0 Å². The quantitative estimate of drug-likeness (QED) is 0.716. The summed E-state index contributed by atoms with van der Waals surface area (Å²) >= 11 is 3.78. The van der Waals surface area contributed by atoms with Crippen LogP contribution in [0.3, 0.4) is 0 Å². The second kappa shape index (κ2) is 5.12. The maximum Gasteiger partial charge on any atom is -0.00451 e. The van der Waals surface area contributed by atoms with Crippen molar-refractivity contribution in [2.75, 3.05) is 6.16 Å². The number of aryl methyl sites for hydroxylation is 2. The Hall–Kier alpha value is 0.130. The van der Waals surface area contributed by atoms with Gasteiger partial charge in [0.05, 0.1) is 0 Å².